The third-order valence-corrected chi connectivity index (χ3v) is 1.34. The van der Waals surface area contributed by atoms with Gasteiger partial charge in [-0.1, -0.05) is 0 Å². The van der Waals surface area contributed by atoms with Crippen molar-refractivity contribution in [2.75, 3.05) is 0 Å². The van der Waals surface area contributed by atoms with Gasteiger partial charge in [0, 0.05) is 0 Å². The molecule has 0 heterocycles. The molecule has 0 aromatic rings. The molecule has 0 aliphatic carbocycles. The summed E-state index contributed by atoms with van der Waals surface area (Å²) in [5.74, 6) is -11.0. The molecule has 0 saturated heterocycles. The number of hydrogen-bond acceptors (Lipinski definition) is 2. The molecule has 0 radical (unpaired) electrons. The summed E-state index contributed by atoms with van der Waals surface area (Å²) < 4.78 is 71.0. The highest BCUT2D eigenvalue weighted by Crippen LogP contribution is 2.44. The van der Waals surface area contributed by atoms with Crippen LogP contribution in [0.4, 0.5) is 26.3 Å². The molecule has 8 heteroatoms. The van der Waals surface area contributed by atoms with E-state index in [2.05, 4.69) is 0 Å². The molecular formula is C5H6F6O2. The molecule has 0 aliphatic rings. The third kappa shape index (κ3) is 1.88. The van der Waals surface area contributed by atoms with Crippen molar-refractivity contribution < 1.29 is 36.6 Å². The minimum atomic E-state index is -6.16. The smallest absolute Gasteiger partial charge is 0.387 e. The Balaban J connectivity index is 5.04. The molecule has 2 atom stereocenters. The zero-order valence-corrected chi connectivity index (χ0v) is 6.24. The van der Waals surface area contributed by atoms with Crippen LogP contribution < -0.4 is 0 Å². The van der Waals surface area contributed by atoms with Gasteiger partial charge in [0.1, 0.15) is 6.10 Å². The molecule has 0 rings (SSSR count). The predicted octanol–water partition coefficient (Wildman–Crippen LogP) is 1.22. The fraction of sp³-hybridized carbons (Fsp3) is 1.00. The largest absolute Gasteiger partial charge is 0.454 e. The normalized spacial score (nSPS) is 21.0. The van der Waals surface area contributed by atoms with Gasteiger partial charge in [-0.25, -0.2) is 0 Å². The summed E-state index contributed by atoms with van der Waals surface area (Å²) in [6.45, 7) is 0.232. The van der Waals surface area contributed by atoms with E-state index in [1.54, 1.807) is 0 Å². The van der Waals surface area contributed by atoms with Gasteiger partial charge in [0.15, 0.2) is 0 Å². The lowest BCUT2D eigenvalue weighted by Gasteiger charge is -2.31. The van der Waals surface area contributed by atoms with Crippen LogP contribution in [0.1, 0.15) is 6.92 Å². The molecule has 13 heavy (non-hydrogen) atoms. The molecule has 80 valence electrons. The van der Waals surface area contributed by atoms with Gasteiger partial charge in [-0.15, -0.1) is 0 Å². The fourth-order valence-corrected chi connectivity index (χ4v) is 0.466. The second-order valence-corrected chi connectivity index (χ2v) is 2.42. The minimum absolute atomic E-state index is 0.232. The SMILES string of the molecule is CC(O)C(F)(F)C(O)(F)C(F)(F)F. The van der Waals surface area contributed by atoms with Gasteiger partial charge in [0.25, 0.3) is 0 Å². The Morgan fingerprint density at radius 1 is 1.00 bits per heavy atom. The van der Waals surface area contributed by atoms with Crippen LogP contribution in [0.25, 0.3) is 0 Å². The van der Waals surface area contributed by atoms with E-state index in [0.29, 0.717) is 0 Å². The zero-order valence-electron chi connectivity index (χ0n) is 6.24. The minimum Gasteiger partial charge on any atom is -0.387 e. The monoisotopic (exact) mass is 212 g/mol. The molecule has 0 fully saturated rings. The summed E-state index contributed by atoms with van der Waals surface area (Å²) in [7, 11) is 0. The number of halogens is 6. The van der Waals surface area contributed by atoms with Gasteiger partial charge in [-0.2, -0.15) is 26.3 Å². The van der Waals surface area contributed by atoms with Crippen LogP contribution in [0.15, 0.2) is 0 Å². The average molecular weight is 212 g/mol. The third-order valence-electron chi connectivity index (χ3n) is 1.34. The Labute approximate surface area is 68.8 Å². The first kappa shape index (κ1) is 12.5. The molecule has 2 unspecified atom stereocenters. The second-order valence-electron chi connectivity index (χ2n) is 2.42. The summed E-state index contributed by atoms with van der Waals surface area (Å²) in [6.07, 6.45) is -9.11. The Morgan fingerprint density at radius 3 is 1.38 bits per heavy atom. The molecule has 0 amide bonds. The molecule has 2 nitrogen and oxygen atoms in total. The molecule has 2 N–H and O–H groups in total. The summed E-state index contributed by atoms with van der Waals surface area (Å²) in [5.41, 5.74) is 0. The van der Waals surface area contributed by atoms with Crippen molar-refractivity contribution in [2.45, 2.75) is 31.0 Å². The van der Waals surface area contributed by atoms with E-state index in [-0.39, 0.29) is 6.92 Å². The van der Waals surface area contributed by atoms with E-state index in [0.717, 1.165) is 0 Å². The van der Waals surface area contributed by atoms with Crippen LogP contribution in [0.3, 0.4) is 0 Å². The first-order chi connectivity index (χ1) is 5.44. The summed E-state index contributed by atoms with van der Waals surface area (Å²) >= 11 is 0. The predicted molar refractivity (Wildman–Crippen MR) is 28.7 cm³/mol. The number of aliphatic hydroxyl groups excluding tert-OH is 1. The fourth-order valence-electron chi connectivity index (χ4n) is 0.466. The quantitative estimate of drug-likeness (QED) is 0.675. The van der Waals surface area contributed by atoms with Crippen LogP contribution in [-0.4, -0.2) is 34.3 Å². The zero-order chi connectivity index (χ0) is 11.1. The van der Waals surface area contributed by atoms with Crippen molar-refractivity contribution in [3.8, 4) is 0 Å². The maximum Gasteiger partial charge on any atom is 0.454 e. The Kier molecular flexibility index (Phi) is 2.90. The topological polar surface area (TPSA) is 40.5 Å². The van der Waals surface area contributed by atoms with E-state index in [1.807, 2.05) is 0 Å². The number of aliphatic hydroxyl groups is 2. The molecule has 0 saturated carbocycles. The van der Waals surface area contributed by atoms with Crippen LogP contribution in [0, 0.1) is 0 Å². The van der Waals surface area contributed by atoms with Gasteiger partial charge in [-0.3, -0.25) is 0 Å². The van der Waals surface area contributed by atoms with E-state index in [1.165, 1.54) is 0 Å². The van der Waals surface area contributed by atoms with Crippen molar-refractivity contribution in [3.63, 3.8) is 0 Å². The van der Waals surface area contributed by atoms with Crippen molar-refractivity contribution >= 4 is 0 Å². The number of rotatable bonds is 2. The molecule has 0 aliphatic heterocycles. The van der Waals surface area contributed by atoms with E-state index >= 15 is 0 Å². The van der Waals surface area contributed by atoms with Crippen LogP contribution in [0.2, 0.25) is 0 Å². The van der Waals surface area contributed by atoms with Crippen molar-refractivity contribution in [2.24, 2.45) is 0 Å². The number of alkyl halides is 6. The van der Waals surface area contributed by atoms with Crippen LogP contribution in [0.5, 0.6) is 0 Å². The molecule has 0 bridgehead atoms. The lowest BCUT2D eigenvalue weighted by Crippen LogP contribution is -2.59. The van der Waals surface area contributed by atoms with E-state index in [9.17, 15) is 26.3 Å². The molecule has 0 spiro atoms. The second kappa shape index (κ2) is 3.02. The van der Waals surface area contributed by atoms with Crippen LogP contribution in [-0.2, 0) is 0 Å². The first-order valence-corrected chi connectivity index (χ1v) is 2.98. The molecular weight excluding hydrogens is 206 g/mol. The Bertz CT molecular complexity index is 184. The Hall–Kier alpha value is -0.500. The highest BCUT2D eigenvalue weighted by atomic mass is 19.4. The lowest BCUT2D eigenvalue weighted by molar-refractivity contribution is -0.398. The maximum atomic E-state index is 12.2. The van der Waals surface area contributed by atoms with Crippen molar-refractivity contribution in [3.05, 3.63) is 0 Å². The molecule has 0 aromatic carbocycles. The summed E-state index contributed by atoms with van der Waals surface area (Å²) in [5, 5.41) is 16.0. The van der Waals surface area contributed by atoms with E-state index < -0.39 is 24.1 Å². The van der Waals surface area contributed by atoms with Crippen molar-refractivity contribution in [1.29, 1.82) is 0 Å². The highest BCUT2D eigenvalue weighted by Gasteiger charge is 2.72. The molecule has 0 aromatic heterocycles. The van der Waals surface area contributed by atoms with Gasteiger partial charge >= 0.3 is 18.0 Å². The van der Waals surface area contributed by atoms with Crippen LogP contribution >= 0.6 is 0 Å². The average Bonchev–Trinajstić information content (AvgIpc) is 1.84. The van der Waals surface area contributed by atoms with Gasteiger partial charge in [0.05, 0.1) is 0 Å². The van der Waals surface area contributed by atoms with Gasteiger partial charge < -0.3 is 10.2 Å². The van der Waals surface area contributed by atoms with Gasteiger partial charge in [-0.05, 0) is 6.92 Å². The maximum absolute atomic E-state index is 12.2. The summed E-state index contributed by atoms with van der Waals surface area (Å²) in [4.78, 5) is 0. The lowest BCUT2D eigenvalue weighted by atomic mass is 10.1. The standard InChI is InChI=1S/C5H6F6O2/c1-2(12)3(6,7)4(8,13)5(9,10)11/h2,12-13H,1H3. The highest BCUT2D eigenvalue weighted by molar-refractivity contribution is 4.93. The first-order valence-electron chi connectivity index (χ1n) is 2.98. The van der Waals surface area contributed by atoms with Crippen molar-refractivity contribution in [1.82, 2.24) is 0 Å². The number of hydrogen-bond donors (Lipinski definition) is 2. The summed E-state index contributed by atoms with van der Waals surface area (Å²) in [6, 6.07) is 0. The Morgan fingerprint density at radius 2 is 1.31 bits per heavy atom. The van der Waals surface area contributed by atoms with Gasteiger partial charge in [0.2, 0.25) is 0 Å². The van der Waals surface area contributed by atoms with E-state index in [4.69, 9.17) is 10.2 Å².